The standard InChI is InChI=1S/C14H23N5S2/c1-10(2)8-12-16-14(21-17-12)19-6-4-18(5-7-19)13-15-9-11(3)20-13/h10-11H,4-9H2,1-3H3. The number of hydrogen-bond acceptors (Lipinski definition) is 7. The molecule has 0 aromatic carbocycles. The summed E-state index contributed by atoms with van der Waals surface area (Å²) in [5.74, 6) is 1.61. The van der Waals surface area contributed by atoms with Gasteiger partial charge in [-0.05, 0) is 5.92 Å². The molecule has 0 amide bonds. The van der Waals surface area contributed by atoms with Gasteiger partial charge in [-0.1, -0.05) is 32.5 Å². The van der Waals surface area contributed by atoms with Crippen LogP contribution in [0.2, 0.25) is 0 Å². The first-order valence-electron chi connectivity index (χ1n) is 7.65. The Morgan fingerprint density at radius 3 is 2.52 bits per heavy atom. The van der Waals surface area contributed by atoms with Crippen molar-refractivity contribution in [2.75, 3.05) is 37.6 Å². The van der Waals surface area contributed by atoms with Crippen LogP contribution in [0.25, 0.3) is 0 Å². The molecule has 0 aliphatic carbocycles. The van der Waals surface area contributed by atoms with E-state index in [2.05, 4.69) is 44.9 Å². The van der Waals surface area contributed by atoms with Crippen LogP contribution in [-0.4, -0.2) is 57.4 Å². The van der Waals surface area contributed by atoms with Gasteiger partial charge in [0.25, 0.3) is 0 Å². The van der Waals surface area contributed by atoms with Crippen LogP contribution in [0, 0.1) is 5.92 Å². The van der Waals surface area contributed by atoms with Gasteiger partial charge in [-0.15, -0.1) is 0 Å². The number of piperazine rings is 1. The number of aliphatic imine (C=N–C) groups is 1. The van der Waals surface area contributed by atoms with Crippen molar-refractivity contribution in [3.05, 3.63) is 5.82 Å². The SMILES string of the molecule is CC(C)Cc1nsc(N2CCN(C3=NCC(C)S3)CC2)n1. The highest BCUT2D eigenvalue weighted by atomic mass is 32.2. The van der Waals surface area contributed by atoms with E-state index in [4.69, 9.17) is 0 Å². The summed E-state index contributed by atoms with van der Waals surface area (Å²) in [7, 11) is 0. The molecule has 0 spiro atoms. The summed E-state index contributed by atoms with van der Waals surface area (Å²) < 4.78 is 4.49. The minimum atomic E-state index is 0.615. The fourth-order valence-electron chi connectivity index (χ4n) is 2.55. The van der Waals surface area contributed by atoms with Crippen LogP contribution in [0.5, 0.6) is 0 Å². The summed E-state index contributed by atoms with van der Waals surface area (Å²) in [6, 6.07) is 0. The number of rotatable bonds is 3. The summed E-state index contributed by atoms with van der Waals surface area (Å²) in [6.45, 7) is 11.7. The zero-order valence-electron chi connectivity index (χ0n) is 12.9. The van der Waals surface area contributed by atoms with Crippen LogP contribution >= 0.6 is 23.3 Å². The van der Waals surface area contributed by atoms with E-state index < -0.39 is 0 Å². The zero-order chi connectivity index (χ0) is 14.8. The van der Waals surface area contributed by atoms with Crippen LogP contribution in [0.15, 0.2) is 4.99 Å². The number of aromatic nitrogens is 2. The smallest absolute Gasteiger partial charge is 0.205 e. The molecule has 0 N–H and O–H groups in total. The van der Waals surface area contributed by atoms with Crippen LogP contribution in [0.4, 0.5) is 5.13 Å². The van der Waals surface area contributed by atoms with Crippen LogP contribution in [0.1, 0.15) is 26.6 Å². The van der Waals surface area contributed by atoms with E-state index in [-0.39, 0.29) is 0 Å². The number of amidine groups is 1. The van der Waals surface area contributed by atoms with Crippen LogP contribution < -0.4 is 4.90 Å². The molecule has 1 aromatic heterocycles. The fraction of sp³-hybridized carbons (Fsp3) is 0.786. The van der Waals surface area contributed by atoms with Gasteiger partial charge in [0.15, 0.2) is 5.17 Å². The van der Waals surface area contributed by atoms with Crippen molar-refractivity contribution in [2.45, 2.75) is 32.4 Å². The topological polar surface area (TPSA) is 44.6 Å². The van der Waals surface area contributed by atoms with E-state index in [1.54, 1.807) is 11.5 Å². The Labute approximate surface area is 135 Å². The largest absolute Gasteiger partial charge is 0.348 e. The third kappa shape index (κ3) is 3.69. The van der Waals surface area contributed by atoms with Gasteiger partial charge in [-0.3, -0.25) is 4.99 Å². The molecule has 1 unspecified atom stereocenters. The summed E-state index contributed by atoms with van der Waals surface area (Å²) >= 11 is 3.45. The quantitative estimate of drug-likeness (QED) is 0.853. The highest BCUT2D eigenvalue weighted by Crippen LogP contribution is 2.25. The van der Waals surface area contributed by atoms with Crippen molar-refractivity contribution in [1.29, 1.82) is 0 Å². The molecule has 21 heavy (non-hydrogen) atoms. The molecule has 5 nitrogen and oxygen atoms in total. The lowest BCUT2D eigenvalue weighted by molar-refractivity contribution is 0.392. The van der Waals surface area contributed by atoms with E-state index in [9.17, 15) is 0 Å². The lowest BCUT2D eigenvalue weighted by Gasteiger charge is -2.35. The first-order chi connectivity index (χ1) is 10.1. The first-order valence-corrected chi connectivity index (χ1v) is 9.30. The van der Waals surface area contributed by atoms with E-state index in [0.717, 1.165) is 50.1 Å². The lowest BCUT2D eigenvalue weighted by atomic mass is 10.1. The number of thioether (sulfide) groups is 1. The van der Waals surface area contributed by atoms with Gasteiger partial charge in [0.2, 0.25) is 5.13 Å². The fourth-order valence-corrected chi connectivity index (χ4v) is 4.28. The third-order valence-electron chi connectivity index (χ3n) is 3.66. The first kappa shape index (κ1) is 15.1. The maximum absolute atomic E-state index is 4.69. The maximum Gasteiger partial charge on any atom is 0.205 e. The van der Waals surface area contributed by atoms with E-state index in [0.29, 0.717) is 11.2 Å². The molecule has 116 valence electrons. The van der Waals surface area contributed by atoms with Crippen LogP contribution in [0.3, 0.4) is 0 Å². The minimum Gasteiger partial charge on any atom is -0.348 e. The number of nitrogens with zero attached hydrogens (tertiary/aromatic N) is 5. The summed E-state index contributed by atoms with van der Waals surface area (Å²) in [5.41, 5.74) is 0. The van der Waals surface area contributed by atoms with Crippen molar-refractivity contribution in [1.82, 2.24) is 14.3 Å². The Morgan fingerprint density at radius 1 is 1.19 bits per heavy atom. The Kier molecular flexibility index (Phi) is 4.69. The predicted molar refractivity (Wildman–Crippen MR) is 91.6 cm³/mol. The normalized spacial score (nSPS) is 23.0. The maximum atomic E-state index is 4.69. The van der Waals surface area contributed by atoms with Gasteiger partial charge >= 0.3 is 0 Å². The molecule has 0 saturated carbocycles. The molecule has 0 bridgehead atoms. The van der Waals surface area contributed by atoms with Gasteiger partial charge in [-0.2, -0.15) is 4.37 Å². The van der Waals surface area contributed by atoms with Crippen LogP contribution in [-0.2, 0) is 6.42 Å². The van der Waals surface area contributed by atoms with Crippen molar-refractivity contribution in [3.63, 3.8) is 0 Å². The minimum absolute atomic E-state index is 0.615. The third-order valence-corrected chi connectivity index (χ3v) is 5.62. The van der Waals surface area contributed by atoms with Crippen molar-refractivity contribution in [3.8, 4) is 0 Å². The van der Waals surface area contributed by atoms with E-state index in [1.807, 2.05) is 11.8 Å². The summed E-state index contributed by atoms with van der Waals surface area (Å²) in [5, 5.41) is 2.96. The van der Waals surface area contributed by atoms with E-state index in [1.165, 1.54) is 5.17 Å². The predicted octanol–water partition coefficient (Wildman–Crippen LogP) is 2.35. The molecular weight excluding hydrogens is 302 g/mol. The average Bonchev–Trinajstić information content (AvgIpc) is 3.08. The molecule has 1 saturated heterocycles. The second kappa shape index (κ2) is 6.52. The molecule has 1 aromatic rings. The van der Waals surface area contributed by atoms with Gasteiger partial charge in [0, 0.05) is 49.4 Å². The second-order valence-electron chi connectivity index (χ2n) is 6.12. The average molecular weight is 326 g/mol. The highest BCUT2D eigenvalue weighted by Gasteiger charge is 2.25. The Bertz CT molecular complexity index is 505. The van der Waals surface area contributed by atoms with Crippen molar-refractivity contribution < 1.29 is 0 Å². The molecule has 3 rings (SSSR count). The van der Waals surface area contributed by atoms with Gasteiger partial charge < -0.3 is 9.80 Å². The highest BCUT2D eigenvalue weighted by molar-refractivity contribution is 8.14. The molecule has 1 fully saturated rings. The molecule has 0 radical (unpaired) electrons. The number of hydrogen-bond donors (Lipinski definition) is 0. The molecule has 2 aliphatic rings. The lowest BCUT2D eigenvalue weighted by Crippen LogP contribution is -2.47. The molecule has 3 heterocycles. The molecular formula is C14H23N5S2. The van der Waals surface area contributed by atoms with Crippen molar-refractivity contribution in [2.24, 2.45) is 10.9 Å². The summed E-state index contributed by atoms with van der Waals surface area (Å²) in [4.78, 5) is 14.1. The number of anilines is 1. The Balaban J connectivity index is 1.54. The van der Waals surface area contributed by atoms with Crippen molar-refractivity contribution >= 4 is 33.6 Å². The zero-order valence-corrected chi connectivity index (χ0v) is 14.6. The Hall–Kier alpha value is -0.820. The monoisotopic (exact) mass is 325 g/mol. The molecule has 7 heteroatoms. The Morgan fingerprint density at radius 2 is 1.90 bits per heavy atom. The van der Waals surface area contributed by atoms with Gasteiger partial charge in [0.05, 0.1) is 6.54 Å². The summed E-state index contributed by atoms with van der Waals surface area (Å²) in [6.07, 6.45) is 0.974. The van der Waals surface area contributed by atoms with E-state index >= 15 is 0 Å². The molecule has 1 atom stereocenters. The van der Waals surface area contributed by atoms with Gasteiger partial charge in [-0.25, -0.2) is 4.98 Å². The second-order valence-corrected chi connectivity index (χ2v) is 8.25. The molecule has 2 aliphatic heterocycles. The van der Waals surface area contributed by atoms with Gasteiger partial charge in [0.1, 0.15) is 5.82 Å².